The number of nitrogens with two attached hydrogens (primary N) is 1. The summed E-state index contributed by atoms with van der Waals surface area (Å²) >= 11 is 0. The van der Waals surface area contributed by atoms with Gasteiger partial charge in [0, 0.05) is 29.6 Å². The quantitative estimate of drug-likeness (QED) is 0.588. The average molecular weight is 458 g/mol. The minimum atomic E-state index is -0.0719. The number of nitrogens with zero attached hydrogens (tertiary/aromatic N) is 1. The van der Waals surface area contributed by atoms with Gasteiger partial charge in [0.15, 0.2) is 0 Å². The zero-order valence-corrected chi connectivity index (χ0v) is 19.3. The lowest BCUT2D eigenvalue weighted by molar-refractivity contribution is -0.127. The van der Waals surface area contributed by atoms with Gasteiger partial charge < -0.3 is 20.5 Å². The first-order valence-corrected chi connectivity index (χ1v) is 10.2. The Morgan fingerprint density at radius 3 is 2.73 bits per heavy atom. The summed E-state index contributed by atoms with van der Waals surface area (Å²) in [6.07, 6.45) is 3.40. The molecule has 0 spiro atoms. The molecule has 6 nitrogen and oxygen atoms in total. The van der Waals surface area contributed by atoms with Crippen molar-refractivity contribution in [3.63, 3.8) is 0 Å². The number of ether oxygens (including phenoxy) is 2. The minimum absolute atomic E-state index is 0. The molecule has 2 aromatic rings. The molecule has 1 aliphatic carbocycles. The molecule has 8 heteroatoms. The second-order valence-electron chi connectivity index (χ2n) is 7.50. The van der Waals surface area contributed by atoms with Crippen LogP contribution >= 0.6 is 24.8 Å². The van der Waals surface area contributed by atoms with E-state index in [9.17, 15) is 4.79 Å². The third kappa shape index (κ3) is 6.98. The number of para-hydroxylation sites is 1. The molecule has 1 aromatic carbocycles. The Hall–Kier alpha value is -1.60. The van der Waals surface area contributed by atoms with Gasteiger partial charge in [-0.25, -0.2) is 4.98 Å². The zero-order valence-electron chi connectivity index (χ0n) is 17.6. The Morgan fingerprint density at radius 2 is 2.00 bits per heavy atom. The first kappa shape index (κ1) is 26.4. The highest BCUT2D eigenvalue weighted by Gasteiger charge is 2.32. The van der Waals surface area contributed by atoms with Gasteiger partial charge in [0.25, 0.3) is 0 Å². The van der Waals surface area contributed by atoms with E-state index in [-0.39, 0.29) is 48.8 Å². The number of hydrogen-bond donors (Lipinski definition) is 2. The van der Waals surface area contributed by atoms with Gasteiger partial charge in [-0.1, -0.05) is 25.1 Å². The van der Waals surface area contributed by atoms with E-state index >= 15 is 0 Å². The fraction of sp³-hybridized carbons (Fsp3) is 0.545. The second-order valence-corrected chi connectivity index (χ2v) is 7.50. The van der Waals surface area contributed by atoms with Crippen molar-refractivity contribution in [3.05, 3.63) is 36.0 Å². The Bertz CT molecular complexity index is 806. The Morgan fingerprint density at radius 1 is 1.20 bits per heavy atom. The maximum atomic E-state index is 12.5. The van der Waals surface area contributed by atoms with Crippen molar-refractivity contribution in [1.82, 2.24) is 10.3 Å². The summed E-state index contributed by atoms with van der Waals surface area (Å²) in [5.74, 6) is 0.754. The predicted molar refractivity (Wildman–Crippen MR) is 125 cm³/mol. The van der Waals surface area contributed by atoms with Crippen LogP contribution < -0.4 is 15.8 Å². The topological polar surface area (TPSA) is 86.5 Å². The van der Waals surface area contributed by atoms with Crippen molar-refractivity contribution in [2.75, 3.05) is 19.8 Å². The SMILES string of the molecule is CCCO[C@@H]1CC[C@H](C(=O)NCCOc2cccc3ccc(C)nc23)C[C@H]1N.Cl.Cl. The lowest BCUT2D eigenvalue weighted by Crippen LogP contribution is -2.46. The van der Waals surface area contributed by atoms with Crippen LogP contribution in [0.4, 0.5) is 0 Å². The van der Waals surface area contributed by atoms with Crippen LogP contribution in [0.2, 0.25) is 0 Å². The van der Waals surface area contributed by atoms with Gasteiger partial charge in [0.2, 0.25) is 5.91 Å². The number of carbonyl (C=O) groups excluding carboxylic acids is 1. The van der Waals surface area contributed by atoms with Crippen LogP contribution in [0.1, 0.15) is 38.3 Å². The van der Waals surface area contributed by atoms with Gasteiger partial charge in [-0.2, -0.15) is 0 Å². The van der Waals surface area contributed by atoms with Crippen LogP contribution in [0.3, 0.4) is 0 Å². The molecule has 1 saturated carbocycles. The largest absolute Gasteiger partial charge is 0.489 e. The highest BCUT2D eigenvalue weighted by Crippen LogP contribution is 2.26. The van der Waals surface area contributed by atoms with Crippen molar-refractivity contribution < 1.29 is 14.3 Å². The number of benzene rings is 1. The van der Waals surface area contributed by atoms with E-state index < -0.39 is 0 Å². The maximum Gasteiger partial charge on any atom is 0.223 e. The van der Waals surface area contributed by atoms with Crippen LogP contribution in [-0.4, -0.2) is 42.8 Å². The van der Waals surface area contributed by atoms with Crippen molar-refractivity contribution in [2.45, 2.75) is 51.7 Å². The van der Waals surface area contributed by atoms with Crippen molar-refractivity contribution in [3.8, 4) is 5.75 Å². The molecule has 0 unspecified atom stereocenters. The monoisotopic (exact) mass is 457 g/mol. The molecular formula is C22H33Cl2N3O3. The number of halogens is 2. The van der Waals surface area contributed by atoms with Gasteiger partial charge in [-0.15, -0.1) is 24.8 Å². The summed E-state index contributed by atoms with van der Waals surface area (Å²) in [7, 11) is 0. The fourth-order valence-electron chi connectivity index (χ4n) is 3.71. The number of hydrogen-bond acceptors (Lipinski definition) is 5. The third-order valence-corrected chi connectivity index (χ3v) is 5.22. The van der Waals surface area contributed by atoms with Crippen molar-refractivity contribution in [2.24, 2.45) is 11.7 Å². The normalized spacial score (nSPS) is 20.7. The second kappa shape index (κ2) is 13.0. The van der Waals surface area contributed by atoms with Crippen molar-refractivity contribution >= 4 is 41.6 Å². The van der Waals surface area contributed by atoms with E-state index in [0.29, 0.717) is 19.6 Å². The highest BCUT2D eigenvalue weighted by atomic mass is 35.5. The Labute approximate surface area is 191 Å². The molecule has 0 saturated heterocycles. The molecule has 168 valence electrons. The molecule has 0 aliphatic heterocycles. The highest BCUT2D eigenvalue weighted by molar-refractivity contribution is 5.86. The molecule has 3 rings (SSSR count). The first-order chi connectivity index (χ1) is 13.6. The number of aryl methyl sites for hydroxylation is 1. The molecule has 0 radical (unpaired) electrons. The standard InChI is InChI=1S/C22H31N3O3.2ClH/c1-3-12-27-19-10-9-17(14-18(19)23)22(26)24-11-13-28-20-6-4-5-16-8-7-15(2)25-21(16)20;;/h4-8,17-19H,3,9-14,23H2,1-2H3,(H,24,26);2*1H/t17-,18+,19+;;/m0../s1. The van der Waals surface area contributed by atoms with Gasteiger partial charge in [0.05, 0.1) is 12.6 Å². The van der Waals surface area contributed by atoms with Gasteiger partial charge in [-0.3, -0.25) is 4.79 Å². The van der Waals surface area contributed by atoms with Crippen LogP contribution in [-0.2, 0) is 9.53 Å². The number of fused-ring (bicyclic) bond motifs is 1. The molecule has 0 bridgehead atoms. The molecule has 1 amide bonds. The summed E-state index contributed by atoms with van der Waals surface area (Å²) in [5, 5.41) is 4.02. The fourth-order valence-corrected chi connectivity index (χ4v) is 3.71. The lowest BCUT2D eigenvalue weighted by atomic mass is 9.83. The molecule has 1 aliphatic rings. The number of nitrogens with one attached hydrogen (secondary N) is 1. The number of aromatic nitrogens is 1. The average Bonchev–Trinajstić information content (AvgIpc) is 2.70. The summed E-state index contributed by atoms with van der Waals surface area (Å²) in [6.45, 7) is 5.64. The van der Waals surface area contributed by atoms with Gasteiger partial charge >= 0.3 is 0 Å². The number of carbonyl (C=O) groups is 1. The smallest absolute Gasteiger partial charge is 0.223 e. The summed E-state index contributed by atoms with van der Waals surface area (Å²) in [5.41, 5.74) is 8.01. The van der Waals surface area contributed by atoms with Crippen LogP contribution in [0.25, 0.3) is 10.9 Å². The maximum absolute atomic E-state index is 12.5. The van der Waals surface area contributed by atoms with Crippen LogP contribution in [0, 0.1) is 12.8 Å². The van der Waals surface area contributed by atoms with Crippen molar-refractivity contribution in [1.29, 1.82) is 0 Å². The van der Waals surface area contributed by atoms with Crippen LogP contribution in [0.15, 0.2) is 30.3 Å². The van der Waals surface area contributed by atoms with Gasteiger partial charge in [0.1, 0.15) is 17.9 Å². The summed E-state index contributed by atoms with van der Waals surface area (Å²) in [6, 6.07) is 9.83. The number of pyridine rings is 1. The first-order valence-electron chi connectivity index (χ1n) is 10.2. The molecular weight excluding hydrogens is 425 g/mol. The summed E-state index contributed by atoms with van der Waals surface area (Å²) in [4.78, 5) is 17.0. The van der Waals surface area contributed by atoms with E-state index in [1.807, 2.05) is 37.3 Å². The lowest BCUT2D eigenvalue weighted by Gasteiger charge is -2.33. The van der Waals surface area contributed by atoms with Crippen LogP contribution in [0.5, 0.6) is 5.75 Å². The van der Waals surface area contributed by atoms with E-state index in [1.54, 1.807) is 0 Å². The minimum Gasteiger partial charge on any atom is -0.489 e. The Balaban J connectivity index is 0.00000225. The van der Waals surface area contributed by atoms with E-state index in [0.717, 1.165) is 48.2 Å². The van der Waals surface area contributed by atoms with E-state index in [2.05, 4.69) is 17.2 Å². The number of amides is 1. The zero-order chi connectivity index (χ0) is 19.9. The third-order valence-electron chi connectivity index (χ3n) is 5.22. The summed E-state index contributed by atoms with van der Waals surface area (Å²) < 4.78 is 11.7. The van der Waals surface area contributed by atoms with E-state index in [4.69, 9.17) is 15.2 Å². The van der Waals surface area contributed by atoms with E-state index in [1.165, 1.54) is 0 Å². The molecule has 3 N–H and O–H groups in total. The molecule has 3 atom stereocenters. The Kier molecular flexibility index (Phi) is 11.4. The van der Waals surface area contributed by atoms with Gasteiger partial charge in [-0.05, 0) is 44.7 Å². The molecule has 1 aromatic heterocycles. The predicted octanol–water partition coefficient (Wildman–Crippen LogP) is 3.80. The molecule has 30 heavy (non-hydrogen) atoms. The molecule has 1 fully saturated rings. The molecule has 1 heterocycles. The number of rotatable bonds is 8.